The van der Waals surface area contributed by atoms with E-state index in [0.29, 0.717) is 31.1 Å². The summed E-state index contributed by atoms with van der Waals surface area (Å²) in [6, 6.07) is 0. The summed E-state index contributed by atoms with van der Waals surface area (Å²) in [6.07, 6.45) is 0. The first-order chi connectivity index (χ1) is 7.06. The van der Waals surface area contributed by atoms with Crippen molar-refractivity contribution in [1.29, 1.82) is 0 Å². The lowest BCUT2D eigenvalue weighted by Crippen LogP contribution is -2.44. The van der Waals surface area contributed by atoms with Crippen molar-refractivity contribution in [2.75, 3.05) is 43.4 Å². The third-order valence-corrected chi connectivity index (χ3v) is 5.46. The van der Waals surface area contributed by atoms with Crippen LogP contribution in [-0.2, 0) is 20.8 Å². The molecule has 0 bridgehead atoms. The molecule has 15 heavy (non-hydrogen) atoms. The summed E-state index contributed by atoms with van der Waals surface area (Å²) < 4.78 is 36.0. The second-order valence-electron chi connectivity index (χ2n) is 3.42. The van der Waals surface area contributed by atoms with Crippen molar-refractivity contribution in [1.82, 2.24) is 9.62 Å². The van der Waals surface area contributed by atoms with Crippen molar-refractivity contribution in [2.24, 2.45) is 0 Å². The molecule has 0 atom stereocenters. The summed E-state index contributed by atoms with van der Waals surface area (Å²) in [4.78, 5) is 0. The summed E-state index contributed by atoms with van der Waals surface area (Å²) in [7, 11) is -3.97. The molecular weight excluding hydrogens is 236 g/mol. The van der Waals surface area contributed by atoms with Gasteiger partial charge in [-0.1, -0.05) is 6.92 Å². The molecule has 0 aromatic rings. The van der Waals surface area contributed by atoms with Gasteiger partial charge >= 0.3 is 0 Å². The molecule has 1 rings (SSSR count). The van der Waals surface area contributed by atoms with E-state index in [1.54, 1.807) is 0 Å². The van der Waals surface area contributed by atoms with Gasteiger partial charge in [-0.2, -0.15) is 0 Å². The summed E-state index contributed by atoms with van der Waals surface area (Å²) in [5.41, 5.74) is 0. The number of nitrogens with one attached hydrogen (secondary N) is 1. The fraction of sp³-hybridized carbons (Fsp3) is 1.00. The molecule has 90 valence electrons. The van der Waals surface area contributed by atoms with Crippen molar-refractivity contribution in [3.8, 4) is 0 Å². The molecular formula is C8H18N2O3S2. The molecule has 1 heterocycles. The molecule has 1 fully saturated rings. The minimum Gasteiger partial charge on any atom is -0.316 e. The van der Waals surface area contributed by atoms with Gasteiger partial charge in [0.15, 0.2) is 0 Å². The molecule has 0 aliphatic carbocycles. The second-order valence-corrected chi connectivity index (χ2v) is 7.20. The summed E-state index contributed by atoms with van der Waals surface area (Å²) in [5.74, 6) is 1.08. The van der Waals surface area contributed by atoms with Crippen LogP contribution in [0.1, 0.15) is 6.92 Å². The van der Waals surface area contributed by atoms with Gasteiger partial charge in [0.25, 0.3) is 0 Å². The lowest BCUT2D eigenvalue weighted by atomic mass is 10.6. The first-order valence-electron chi connectivity index (χ1n) is 5.10. The number of nitrogens with zero attached hydrogens (tertiary/aromatic N) is 1. The van der Waals surface area contributed by atoms with E-state index in [4.69, 9.17) is 0 Å². The normalized spacial score (nSPS) is 20.6. The van der Waals surface area contributed by atoms with Crippen molar-refractivity contribution in [2.45, 2.75) is 6.92 Å². The molecule has 1 aliphatic rings. The summed E-state index contributed by atoms with van der Waals surface area (Å²) in [5, 5.41) is 2.99. The second kappa shape index (κ2) is 5.93. The van der Waals surface area contributed by atoms with Gasteiger partial charge in [-0.15, -0.1) is 0 Å². The quantitative estimate of drug-likeness (QED) is 0.639. The Kier molecular flexibility index (Phi) is 5.17. The highest BCUT2D eigenvalue weighted by Crippen LogP contribution is 2.06. The van der Waals surface area contributed by atoms with E-state index < -0.39 is 20.8 Å². The topological polar surface area (TPSA) is 66.5 Å². The SMILES string of the molecule is CCNCCS(=O)(=O)N1CCS(=O)CC1. The number of rotatable bonds is 5. The molecule has 0 radical (unpaired) electrons. The van der Waals surface area contributed by atoms with Gasteiger partial charge in [0.2, 0.25) is 10.0 Å². The highest BCUT2D eigenvalue weighted by molar-refractivity contribution is 7.89. The van der Waals surface area contributed by atoms with E-state index in [9.17, 15) is 12.6 Å². The molecule has 0 spiro atoms. The van der Waals surface area contributed by atoms with Gasteiger partial charge in [-0.05, 0) is 6.54 Å². The Labute approximate surface area is 93.7 Å². The van der Waals surface area contributed by atoms with Crippen LogP contribution in [0.3, 0.4) is 0 Å². The lowest BCUT2D eigenvalue weighted by Gasteiger charge is -2.25. The number of hydrogen-bond donors (Lipinski definition) is 1. The van der Waals surface area contributed by atoms with Gasteiger partial charge in [-0.25, -0.2) is 12.7 Å². The standard InChI is InChI=1S/C8H18N2O3S2/c1-2-9-3-8-15(12,13)10-4-6-14(11)7-5-10/h9H,2-8H2,1H3. The number of sulfonamides is 1. The van der Waals surface area contributed by atoms with Gasteiger partial charge < -0.3 is 5.32 Å². The van der Waals surface area contributed by atoms with E-state index in [1.165, 1.54) is 4.31 Å². The zero-order valence-corrected chi connectivity index (χ0v) is 10.6. The van der Waals surface area contributed by atoms with Gasteiger partial charge in [0.1, 0.15) is 0 Å². The first kappa shape index (κ1) is 13.1. The fourth-order valence-electron chi connectivity index (χ4n) is 1.41. The maximum Gasteiger partial charge on any atom is 0.215 e. The molecule has 0 amide bonds. The highest BCUT2D eigenvalue weighted by Gasteiger charge is 2.25. The van der Waals surface area contributed by atoms with Crippen LogP contribution in [0.5, 0.6) is 0 Å². The molecule has 1 saturated heterocycles. The molecule has 0 unspecified atom stereocenters. The molecule has 5 nitrogen and oxygen atoms in total. The largest absolute Gasteiger partial charge is 0.316 e. The van der Waals surface area contributed by atoms with Crippen LogP contribution in [-0.4, -0.2) is 60.4 Å². The Morgan fingerprint density at radius 3 is 2.47 bits per heavy atom. The molecule has 0 aromatic heterocycles. The summed E-state index contributed by atoms with van der Waals surface area (Å²) in [6.45, 7) is 4.01. The van der Waals surface area contributed by atoms with E-state index in [2.05, 4.69) is 5.32 Å². The lowest BCUT2D eigenvalue weighted by molar-refractivity contribution is 0.437. The third kappa shape index (κ3) is 4.18. The van der Waals surface area contributed by atoms with Crippen LogP contribution < -0.4 is 5.32 Å². The highest BCUT2D eigenvalue weighted by atomic mass is 32.2. The maximum absolute atomic E-state index is 11.8. The van der Waals surface area contributed by atoms with E-state index >= 15 is 0 Å². The van der Waals surface area contributed by atoms with Crippen LogP contribution in [0.25, 0.3) is 0 Å². The Morgan fingerprint density at radius 2 is 1.93 bits per heavy atom. The Balaban J connectivity index is 2.43. The Bertz CT molecular complexity index is 306. The molecule has 7 heteroatoms. The van der Waals surface area contributed by atoms with E-state index in [-0.39, 0.29) is 5.75 Å². The van der Waals surface area contributed by atoms with Crippen LogP contribution in [0, 0.1) is 0 Å². The Morgan fingerprint density at radius 1 is 1.33 bits per heavy atom. The van der Waals surface area contributed by atoms with Gasteiger partial charge in [-0.3, -0.25) is 4.21 Å². The van der Waals surface area contributed by atoms with Crippen molar-refractivity contribution < 1.29 is 12.6 Å². The van der Waals surface area contributed by atoms with Crippen molar-refractivity contribution >= 4 is 20.8 Å². The zero-order valence-electron chi connectivity index (χ0n) is 8.94. The zero-order chi connectivity index (χ0) is 11.3. The molecule has 0 aromatic carbocycles. The maximum atomic E-state index is 11.8. The average molecular weight is 254 g/mol. The fourth-order valence-corrected chi connectivity index (χ4v) is 4.09. The predicted molar refractivity (Wildman–Crippen MR) is 61.8 cm³/mol. The van der Waals surface area contributed by atoms with Crippen LogP contribution >= 0.6 is 0 Å². The minimum atomic E-state index is -3.14. The average Bonchev–Trinajstić information content (AvgIpc) is 2.18. The third-order valence-electron chi connectivity index (χ3n) is 2.32. The van der Waals surface area contributed by atoms with E-state index in [1.807, 2.05) is 6.92 Å². The summed E-state index contributed by atoms with van der Waals surface area (Å²) >= 11 is 0. The minimum absolute atomic E-state index is 0.132. The molecule has 0 saturated carbocycles. The van der Waals surface area contributed by atoms with Crippen LogP contribution in [0.2, 0.25) is 0 Å². The smallest absolute Gasteiger partial charge is 0.215 e. The first-order valence-corrected chi connectivity index (χ1v) is 8.19. The van der Waals surface area contributed by atoms with Crippen LogP contribution in [0.15, 0.2) is 0 Å². The predicted octanol–water partition coefficient (Wildman–Crippen LogP) is -1.01. The number of hydrogen-bond acceptors (Lipinski definition) is 4. The monoisotopic (exact) mass is 254 g/mol. The van der Waals surface area contributed by atoms with Crippen LogP contribution in [0.4, 0.5) is 0 Å². The van der Waals surface area contributed by atoms with Crippen molar-refractivity contribution in [3.05, 3.63) is 0 Å². The Hall–Kier alpha value is 0.0200. The van der Waals surface area contributed by atoms with Crippen molar-refractivity contribution in [3.63, 3.8) is 0 Å². The molecule has 1 aliphatic heterocycles. The molecule has 1 N–H and O–H groups in total. The van der Waals surface area contributed by atoms with Gasteiger partial charge in [0.05, 0.1) is 5.75 Å². The van der Waals surface area contributed by atoms with Gasteiger partial charge in [0, 0.05) is 41.9 Å². The van der Waals surface area contributed by atoms with E-state index in [0.717, 1.165) is 6.54 Å².